The minimum Gasteiger partial charge on any atom is -0.457 e. The van der Waals surface area contributed by atoms with Crippen LogP contribution in [0.25, 0.3) is 10.8 Å². The van der Waals surface area contributed by atoms with E-state index < -0.39 is 0 Å². The van der Waals surface area contributed by atoms with E-state index in [0.29, 0.717) is 5.69 Å². The van der Waals surface area contributed by atoms with E-state index in [1.165, 1.54) is 0 Å². The van der Waals surface area contributed by atoms with Crippen molar-refractivity contribution in [3.8, 4) is 11.5 Å². The molecule has 3 aromatic rings. The topological polar surface area (TPSA) is 48.1 Å². The van der Waals surface area contributed by atoms with E-state index in [1.807, 2.05) is 43.3 Å². The number of anilines is 1. The van der Waals surface area contributed by atoms with E-state index in [0.717, 1.165) is 32.3 Å². The number of nitrogens with zero attached hydrogens (tertiary/aromatic N) is 1. The van der Waals surface area contributed by atoms with Crippen LogP contribution in [0.15, 0.2) is 53.3 Å². The highest BCUT2D eigenvalue weighted by Gasteiger charge is 2.07. The standard InChI is InChI=1S/C16H13BrN2O/c1-10-8-11(2-3-14(10)17)20-16-5-4-15(18)13-9-19-7-6-12(13)16/h2-9H,18H2,1H3. The van der Waals surface area contributed by atoms with Crippen molar-refractivity contribution in [1.82, 2.24) is 4.98 Å². The molecule has 2 aromatic carbocycles. The first-order chi connectivity index (χ1) is 9.65. The normalized spacial score (nSPS) is 10.7. The lowest BCUT2D eigenvalue weighted by Gasteiger charge is -2.11. The van der Waals surface area contributed by atoms with Crippen LogP contribution in [0, 0.1) is 6.92 Å². The van der Waals surface area contributed by atoms with Crippen molar-refractivity contribution in [1.29, 1.82) is 0 Å². The maximum absolute atomic E-state index is 5.98. The molecule has 0 aliphatic rings. The van der Waals surface area contributed by atoms with Gasteiger partial charge in [-0.2, -0.15) is 0 Å². The van der Waals surface area contributed by atoms with Gasteiger partial charge in [0.1, 0.15) is 11.5 Å². The molecule has 0 aliphatic carbocycles. The van der Waals surface area contributed by atoms with E-state index in [1.54, 1.807) is 12.4 Å². The average molecular weight is 329 g/mol. The SMILES string of the molecule is Cc1cc(Oc2ccc(N)c3cnccc23)ccc1Br. The van der Waals surface area contributed by atoms with Gasteiger partial charge < -0.3 is 10.5 Å². The van der Waals surface area contributed by atoms with Gasteiger partial charge in [0.2, 0.25) is 0 Å². The van der Waals surface area contributed by atoms with E-state index in [9.17, 15) is 0 Å². The third-order valence-electron chi connectivity index (χ3n) is 3.17. The van der Waals surface area contributed by atoms with E-state index in [-0.39, 0.29) is 0 Å². The Balaban J connectivity index is 2.06. The molecule has 20 heavy (non-hydrogen) atoms. The van der Waals surface area contributed by atoms with Crippen molar-refractivity contribution in [3.05, 3.63) is 58.8 Å². The second-order valence-electron chi connectivity index (χ2n) is 4.59. The van der Waals surface area contributed by atoms with Gasteiger partial charge in [-0.1, -0.05) is 15.9 Å². The van der Waals surface area contributed by atoms with Crippen LogP contribution in [0.3, 0.4) is 0 Å². The third-order valence-corrected chi connectivity index (χ3v) is 4.06. The molecule has 0 radical (unpaired) electrons. The van der Waals surface area contributed by atoms with Crippen LogP contribution in [0.5, 0.6) is 11.5 Å². The van der Waals surface area contributed by atoms with Crippen LogP contribution in [-0.4, -0.2) is 4.98 Å². The first kappa shape index (κ1) is 12.9. The summed E-state index contributed by atoms with van der Waals surface area (Å²) in [4.78, 5) is 4.11. The Bertz CT molecular complexity index is 787. The molecule has 3 nitrogen and oxygen atoms in total. The molecule has 0 amide bonds. The largest absolute Gasteiger partial charge is 0.457 e. The van der Waals surface area contributed by atoms with Crippen molar-refractivity contribution in [2.45, 2.75) is 6.92 Å². The molecule has 3 rings (SSSR count). The highest BCUT2D eigenvalue weighted by atomic mass is 79.9. The van der Waals surface area contributed by atoms with Crippen LogP contribution in [0.2, 0.25) is 0 Å². The summed E-state index contributed by atoms with van der Waals surface area (Å²) < 4.78 is 7.04. The van der Waals surface area contributed by atoms with Gasteiger partial charge in [0, 0.05) is 33.3 Å². The van der Waals surface area contributed by atoms with Gasteiger partial charge in [-0.05, 0) is 48.9 Å². The Kier molecular flexibility index (Phi) is 3.32. The molecule has 0 atom stereocenters. The van der Waals surface area contributed by atoms with Crippen molar-refractivity contribution >= 4 is 32.4 Å². The Morgan fingerprint density at radius 3 is 2.75 bits per heavy atom. The summed E-state index contributed by atoms with van der Waals surface area (Å²) in [5.74, 6) is 1.58. The van der Waals surface area contributed by atoms with Gasteiger partial charge in [0.15, 0.2) is 0 Å². The van der Waals surface area contributed by atoms with Gasteiger partial charge in [-0.3, -0.25) is 4.98 Å². The van der Waals surface area contributed by atoms with Crippen LogP contribution in [0.4, 0.5) is 5.69 Å². The molecular weight excluding hydrogens is 316 g/mol. The first-order valence-electron chi connectivity index (χ1n) is 6.21. The van der Waals surface area contributed by atoms with Crippen molar-refractivity contribution in [2.24, 2.45) is 0 Å². The summed E-state index contributed by atoms with van der Waals surface area (Å²) in [5, 5.41) is 1.86. The predicted molar refractivity (Wildman–Crippen MR) is 85.1 cm³/mol. The van der Waals surface area contributed by atoms with E-state index >= 15 is 0 Å². The summed E-state index contributed by atoms with van der Waals surface area (Å²) in [6.45, 7) is 2.03. The van der Waals surface area contributed by atoms with Gasteiger partial charge in [0.25, 0.3) is 0 Å². The monoisotopic (exact) mass is 328 g/mol. The lowest BCUT2D eigenvalue weighted by Crippen LogP contribution is -1.91. The molecule has 0 saturated heterocycles. The summed E-state index contributed by atoms with van der Waals surface area (Å²) in [6, 6.07) is 11.5. The number of nitrogens with two attached hydrogens (primary N) is 1. The van der Waals surface area contributed by atoms with Crippen LogP contribution < -0.4 is 10.5 Å². The molecule has 2 N–H and O–H groups in total. The van der Waals surface area contributed by atoms with Gasteiger partial charge in [0.05, 0.1) is 0 Å². The molecular formula is C16H13BrN2O. The van der Waals surface area contributed by atoms with Gasteiger partial charge in [-0.25, -0.2) is 0 Å². The zero-order chi connectivity index (χ0) is 14.1. The third kappa shape index (κ3) is 2.34. The molecule has 0 saturated carbocycles. The lowest BCUT2D eigenvalue weighted by molar-refractivity contribution is 0.488. The number of benzene rings is 2. The number of hydrogen-bond acceptors (Lipinski definition) is 3. The smallest absolute Gasteiger partial charge is 0.135 e. The highest BCUT2D eigenvalue weighted by Crippen LogP contribution is 2.33. The molecule has 1 heterocycles. The minimum atomic E-state index is 0.701. The van der Waals surface area contributed by atoms with Gasteiger partial charge >= 0.3 is 0 Å². The molecule has 0 fully saturated rings. The number of fused-ring (bicyclic) bond motifs is 1. The molecule has 0 bridgehead atoms. The number of hydrogen-bond donors (Lipinski definition) is 1. The zero-order valence-electron chi connectivity index (χ0n) is 10.9. The number of ether oxygens (including phenoxy) is 1. The Hall–Kier alpha value is -2.07. The average Bonchev–Trinajstić information content (AvgIpc) is 2.46. The highest BCUT2D eigenvalue weighted by molar-refractivity contribution is 9.10. The Morgan fingerprint density at radius 2 is 1.95 bits per heavy atom. The minimum absolute atomic E-state index is 0.701. The molecule has 0 unspecified atom stereocenters. The maximum Gasteiger partial charge on any atom is 0.135 e. The first-order valence-corrected chi connectivity index (χ1v) is 7.00. The Labute approximate surface area is 125 Å². The van der Waals surface area contributed by atoms with Gasteiger partial charge in [-0.15, -0.1) is 0 Å². The fraction of sp³-hybridized carbons (Fsp3) is 0.0625. The lowest BCUT2D eigenvalue weighted by atomic mass is 10.1. The van der Waals surface area contributed by atoms with Crippen molar-refractivity contribution in [3.63, 3.8) is 0 Å². The summed E-state index contributed by atoms with van der Waals surface area (Å²) in [7, 11) is 0. The second-order valence-corrected chi connectivity index (χ2v) is 5.44. The van der Waals surface area contributed by atoms with Crippen LogP contribution >= 0.6 is 15.9 Å². The number of aromatic nitrogens is 1. The summed E-state index contributed by atoms with van der Waals surface area (Å²) in [5.41, 5.74) is 7.79. The number of nitrogen functional groups attached to an aromatic ring is 1. The van der Waals surface area contributed by atoms with E-state index in [4.69, 9.17) is 10.5 Å². The number of halogens is 1. The fourth-order valence-corrected chi connectivity index (χ4v) is 2.33. The predicted octanol–water partition coefficient (Wildman–Crippen LogP) is 4.68. The quantitative estimate of drug-likeness (QED) is 0.695. The molecule has 0 spiro atoms. The van der Waals surface area contributed by atoms with Crippen molar-refractivity contribution in [2.75, 3.05) is 5.73 Å². The molecule has 1 aromatic heterocycles. The van der Waals surface area contributed by atoms with Crippen LogP contribution in [0.1, 0.15) is 5.56 Å². The zero-order valence-corrected chi connectivity index (χ0v) is 12.5. The fourth-order valence-electron chi connectivity index (χ4n) is 2.08. The summed E-state index contributed by atoms with van der Waals surface area (Å²) in [6.07, 6.45) is 3.49. The van der Waals surface area contributed by atoms with Crippen LogP contribution in [-0.2, 0) is 0 Å². The number of pyridine rings is 1. The Morgan fingerprint density at radius 1 is 1.10 bits per heavy atom. The maximum atomic E-state index is 5.98. The van der Waals surface area contributed by atoms with Crippen molar-refractivity contribution < 1.29 is 4.74 Å². The number of rotatable bonds is 2. The second kappa shape index (κ2) is 5.13. The molecule has 0 aliphatic heterocycles. The van der Waals surface area contributed by atoms with E-state index in [2.05, 4.69) is 20.9 Å². The number of aryl methyl sites for hydroxylation is 1. The summed E-state index contributed by atoms with van der Waals surface area (Å²) >= 11 is 3.48. The molecule has 100 valence electrons. The molecule has 4 heteroatoms.